The van der Waals surface area contributed by atoms with E-state index in [-0.39, 0.29) is 6.61 Å². The minimum atomic E-state index is -1.56. The number of ether oxygens (including phenoxy) is 4. The molecule has 2 aliphatic rings. The molecule has 1 saturated heterocycles. The molecular weight excluding hydrogens is 424 g/mol. The Bertz CT molecular complexity index is 1060. The van der Waals surface area contributed by atoms with Crippen LogP contribution in [0.2, 0.25) is 0 Å². The third-order valence-electron chi connectivity index (χ3n) is 5.79. The molecular formula is C22H26O10. The van der Waals surface area contributed by atoms with Crippen molar-refractivity contribution in [3.05, 3.63) is 40.2 Å². The molecule has 1 fully saturated rings. The lowest BCUT2D eigenvalue weighted by Gasteiger charge is -2.43. The third kappa shape index (κ3) is 4.37. The zero-order chi connectivity index (χ0) is 23.2. The summed E-state index contributed by atoms with van der Waals surface area (Å²) in [5.74, 6) is -0.0126. The molecule has 4 rings (SSSR count). The van der Waals surface area contributed by atoms with E-state index in [0.717, 1.165) is 10.9 Å². The Morgan fingerprint density at radius 1 is 1.16 bits per heavy atom. The first-order valence-corrected chi connectivity index (χ1v) is 10.3. The third-order valence-corrected chi connectivity index (χ3v) is 5.79. The Morgan fingerprint density at radius 2 is 1.91 bits per heavy atom. The van der Waals surface area contributed by atoms with Gasteiger partial charge in [-0.25, -0.2) is 4.79 Å². The molecule has 0 aliphatic carbocycles. The van der Waals surface area contributed by atoms with Crippen LogP contribution in [0, 0.1) is 0 Å². The lowest BCUT2D eigenvalue weighted by Crippen LogP contribution is -2.61. The van der Waals surface area contributed by atoms with E-state index in [1.807, 2.05) is 6.07 Å². The van der Waals surface area contributed by atoms with Crippen molar-refractivity contribution in [3.8, 4) is 5.75 Å². The normalized spacial score (nSPS) is 30.1. The van der Waals surface area contributed by atoms with Gasteiger partial charge >= 0.3 is 11.6 Å². The van der Waals surface area contributed by atoms with Gasteiger partial charge in [-0.1, -0.05) is 0 Å². The predicted octanol–water partition coefficient (Wildman–Crippen LogP) is 0.262. The van der Waals surface area contributed by atoms with Gasteiger partial charge in [-0.2, -0.15) is 0 Å². The molecule has 174 valence electrons. The molecule has 0 spiro atoms. The maximum Gasteiger partial charge on any atom is 0.336 e. The summed E-state index contributed by atoms with van der Waals surface area (Å²) >= 11 is 0. The van der Waals surface area contributed by atoms with Gasteiger partial charge in [0.15, 0.2) is 6.29 Å². The number of hydrogen-bond acceptors (Lipinski definition) is 10. The van der Waals surface area contributed by atoms with E-state index in [9.17, 15) is 24.9 Å². The van der Waals surface area contributed by atoms with Gasteiger partial charge in [-0.3, -0.25) is 4.79 Å². The average molecular weight is 450 g/mol. The summed E-state index contributed by atoms with van der Waals surface area (Å²) in [6.07, 6.45) is -6.91. The molecule has 0 unspecified atom stereocenters. The lowest BCUT2D eigenvalue weighted by atomic mass is 9.95. The molecule has 32 heavy (non-hydrogen) atoms. The second-order valence-electron chi connectivity index (χ2n) is 8.60. The first kappa shape index (κ1) is 22.7. The first-order valence-electron chi connectivity index (χ1n) is 10.3. The number of fused-ring (bicyclic) bond motifs is 2. The van der Waals surface area contributed by atoms with E-state index in [2.05, 4.69) is 0 Å². The van der Waals surface area contributed by atoms with Crippen molar-refractivity contribution in [2.75, 3.05) is 6.61 Å². The summed E-state index contributed by atoms with van der Waals surface area (Å²) in [5, 5.41) is 31.5. The van der Waals surface area contributed by atoms with E-state index >= 15 is 0 Å². The molecule has 3 heterocycles. The van der Waals surface area contributed by atoms with Crippen molar-refractivity contribution in [2.24, 2.45) is 0 Å². The summed E-state index contributed by atoms with van der Waals surface area (Å²) in [6, 6.07) is 6.57. The summed E-state index contributed by atoms with van der Waals surface area (Å²) < 4.78 is 27.7. The molecule has 2 aromatic rings. The van der Waals surface area contributed by atoms with Crippen LogP contribution in [0.5, 0.6) is 5.75 Å². The van der Waals surface area contributed by atoms with Crippen molar-refractivity contribution in [2.45, 2.75) is 69.6 Å². The first-order chi connectivity index (χ1) is 15.0. The van der Waals surface area contributed by atoms with Gasteiger partial charge in [0.1, 0.15) is 54.1 Å². The lowest BCUT2D eigenvalue weighted by molar-refractivity contribution is -0.329. The van der Waals surface area contributed by atoms with E-state index in [0.29, 0.717) is 17.8 Å². The maximum atomic E-state index is 11.5. The van der Waals surface area contributed by atoms with E-state index in [4.69, 9.17) is 23.4 Å². The Kier molecular flexibility index (Phi) is 5.99. The highest BCUT2D eigenvalue weighted by molar-refractivity contribution is 5.79. The van der Waals surface area contributed by atoms with Gasteiger partial charge in [0.05, 0.1) is 0 Å². The van der Waals surface area contributed by atoms with Crippen LogP contribution in [-0.4, -0.2) is 70.3 Å². The number of esters is 1. The summed E-state index contributed by atoms with van der Waals surface area (Å²) in [7, 11) is 0. The standard InChI is InChI=1S/C22H26O10/c1-10(23)28-9-15-18(25)19(26)20(27)21(31-15)32-22(2,3)16-7-12-6-11-4-5-17(24)30-13(11)8-14(12)29-16/h4-6,8,15-16,18-21,25-27H,7,9H2,1-3H3/t15-,16-,18-,19+,20-,21+/m1/s1. The Morgan fingerprint density at radius 3 is 2.62 bits per heavy atom. The molecule has 10 heteroatoms. The number of aliphatic hydroxyl groups is 3. The quantitative estimate of drug-likeness (QED) is 0.428. The molecule has 0 saturated carbocycles. The molecule has 1 aromatic carbocycles. The summed E-state index contributed by atoms with van der Waals surface area (Å²) in [4.78, 5) is 22.6. The highest BCUT2D eigenvalue weighted by atomic mass is 16.7. The number of carbonyl (C=O) groups is 1. The van der Waals surface area contributed by atoms with E-state index in [1.165, 1.54) is 13.0 Å². The van der Waals surface area contributed by atoms with Crippen LogP contribution in [0.25, 0.3) is 11.0 Å². The van der Waals surface area contributed by atoms with Crippen LogP contribution in [0.15, 0.2) is 33.5 Å². The predicted molar refractivity (Wildman–Crippen MR) is 109 cm³/mol. The van der Waals surface area contributed by atoms with E-state index in [1.54, 1.807) is 26.0 Å². The Labute approximate surface area is 183 Å². The Balaban J connectivity index is 1.49. The van der Waals surface area contributed by atoms with Crippen LogP contribution in [0.1, 0.15) is 26.3 Å². The largest absolute Gasteiger partial charge is 0.487 e. The van der Waals surface area contributed by atoms with Gasteiger partial charge in [-0.05, 0) is 31.5 Å². The minimum Gasteiger partial charge on any atom is -0.487 e. The highest BCUT2D eigenvalue weighted by Gasteiger charge is 2.48. The molecule has 6 atom stereocenters. The maximum absolute atomic E-state index is 11.5. The topological polar surface area (TPSA) is 145 Å². The SMILES string of the molecule is CC(=O)OC[C@H]1O[C@@H](OC(C)(C)[C@H]2Cc3cc4ccc(=O)oc4cc3O2)[C@H](O)[C@@H](O)[C@@H]1O. The van der Waals surface area contributed by atoms with Crippen molar-refractivity contribution in [1.29, 1.82) is 0 Å². The number of rotatable bonds is 5. The van der Waals surface area contributed by atoms with Crippen molar-refractivity contribution in [1.82, 2.24) is 0 Å². The van der Waals surface area contributed by atoms with Crippen LogP contribution in [0.3, 0.4) is 0 Å². The van der Waals surface area contributed by atoms with Crippen LogP contribution >= 0.6 is 0 Å². The Hall–Kier alpha value is -2.50. The van der Waals surface area contributed by atoms with Gasteiger partial charge in [0, 0.05) is 30.9 Å². The molecule has 0 bridgehead atoms. The second-order valence-corrected chi connectivity index (χ2v) is 8.60. The minimum absolute atomic E-state index is 0.302. The summed E-state index contributed by atoms with van der Waals surface area (Å²) in [6.45, 7) is 4.40. The number of hydrogen-bond donors (Lipinski definition) is 3. The molecule has 10 nitrogen and oxygen atoms in total. The number of aliphatic hydroxyl groups excluding tert-OH is 3. The van der Waals surface area contributed by atoms with Gasteiger partial charge < -0.3 is 38.7 Å². The van der Waals surface area contributed by atoms with Gasteiger partial charge in [-0.15, -0.1) is 0 Å². The fourth-order valence-electron chi connectivity index (χ4n) is 3.92. The molecule has 0 amide bonds. The highest BCUT2D eigenvalue weighted by Crippen LogP contribution is 2.38. The van der Waals surface area contributed by atoms with Crippen molar-refractivity contribution < 1.29 is 43.5 Å². The van der Waals surface area contributed by atoms with Crippen molar-refractivity contribution in [3.63, 3.8) is 0 Å². The van der Waals surface area contributed by atoms with Crippen LogP contribution < -0.4 is 10.4 Å². The zero-order valence-corrected chi connectivity index (χ0v) is 17.9. The number of carbonyl (C=O) groups excluding carboxylic acids is 1. The van der Waals surface area contributed by atoms with Crippen LogP contribution in [-0.2, 0) is 25.4 Å². The molecule has 1 aromatic heterocycles. The zero-order valence-electron chi connectivity index (χ0n) is 17.9. The van der Waals surface area contributed by atoms with Gasteiger partial charge in [0.25, 0.3) is 0 Å². The number of benzene rings is 1. The monoisotopic (exact) mass is 450 g/mol. The average Bonchev–Trinajstić information content (AvgIpc) is 3.15. The molecule has 2 aliphatic heterocycles. The summed E-state index contributed by atoms with van der Waals surface area (Å²) in [5.41, 5.74) is -0.136. The van der Waals surface area contributed by atoms with Gasteiger partial charge in [0.2, 0.25) is 0 Å². The molecule has 0 radical (unpaired) electrons. The second kappa shape index (κ2) is 8.45. The fraction of sp³-hybridized carbons (Fsp3) is 0.545. The smallest absolute Gasteiger partial charge is 0.336 e. The fourth-order valence-corrected chi connectivity index (χ4v) is 3.92. The molecule has 3 N–H and O–H groups in total. The van der Waals surface area contributed by atoms with E-state index < -0.39 is 54.0 Å². The van der Waals surface area contributed by atoms with Crippen LogP contribution in [0.4, 0.5) is 0 Å². The van der Waals surface area contributed by atoms with Crippen molar-refractivity contribution >= 4 is 16.9 Å².